The van der Waals surface area contributed by atoms with E-state index in [1.54, 1.807) is 0 Å². The Morgan fingerprint density at radius 3 is 2.68 bits per heavy atom. The van der Waals surface area contributed by atoms with Gasteiger partial charge in [-0.3, -0.25) is 0 Å². The molecule has 1 aromatic rings. The molecule has 2 aliphatic rings. The molecule has 90 valence electrons. The smallest absolute Gasteiger partial charge is 0.550 e. The van der Waals surface area contributed by atoms with Gasteiger partial charge in [0.05, 0.1) is 0 Å². The summed E-state index contributed by atoms with van der Waals surface area (Å²) in [5.74, 6) is -0.655. The number of rotatable bonds is 2. The summed E-state index contributed by atoms with van der Waals surface area (Å²) in [5.41, 5.74) is 1.06. The summed E-state index contributed by atoms with van der Waals surface area (Å²) < 4.78 is 5.75. The molecule has 3 rings (SSSR count). The molecule has 0 saturated carbocycles. The molecule has 0 bridgehead atoms. The van der Waals surface area contributed by atoms with E-state index in [0.717, 1.165) is 16.0 Å². The number of aliphatic carboxylic acids is 1. The fraction of sp³-hybridized carbons (Fsp3) is 0.133. The second-order valence-electron chi connectivity index (χ2n) is 4.26. The van der Waals surface area contributed by atoms with Crippen molar-refractivity contribution in [2.75, 3.05) is 0 Å². The Balaban J connectivity index is 0.00000133. The van der Waals surface area contributed by atoms with Gasteiger partial charge in [0.25, 0.3) is 0 Å². The van der Waals surface area contributed by atoms with Crippen LogP contribution in [0.25, 0.3) is 11.3 Å². The SMILES string of the molecule is O=C([O-])CC1=c2ccccc2=C2C=CC=CC2O1.[Na+]. The molecule has 4 heteroatoms. The summed E-state index contributed by atoms with van der Waals surface area (Å²) in [7, 11) is 0. The molecule has 0 spiro atoms. The minimum atomic E-state index is -1.13. The van der Waals surface area contributed by atoms with E-state index in [2.05, 4.69) is 0 Å². The predicted molar refractivity (Wildman–Crippen MR) is 65.3 cm³/mol. The second-order valence-corrected chi connectivity index (χ2v) is 4.26. The van der Waals surface area contributed by atoms with Crippen LogP contribution in [0.2, 0.25) is 0 Å². The third kappa shape index (κ3) is 2.68. The molecule has 0 N–H and O–H groups in total. The topological polar surface area (TPSA) is 49.4 Å². The molecule has 1 aliphatic carbocycles. The number of fused-ring (bicyclic) bond motifs is 2. The average molecular weight is 262 g/mol. The molecule has 1 aromatic carbocycles. The van der Waals surface area contributed by atoms with Gasteiger partial charge in [-0.25, -0.2) is 0 Å². The fourth-order valence-electron chi connectivity index (χ4n) is 2.33. The van der Waals surface area contributed by atoms with Gasteiger partial charge in [-0.05, 0) is 11.3 Å². The van der Waals surface area contributed by atoms with Gasteiger partial charge in [0.2, 0.25) is 0 Å². The van der Waals surface area contributed by atoms with Crippen LogP contribution in [0.15, 0.2) is 48.6 Å². The molecule has 0 radical (unpaired) electrons. The van der Waals surface area contributed by atoms with Crippen molar-refractivity contribution in [1.82, 2.24) is 0 Å². The van der Waals surface area contributed by atoms with Crippen molar-refractivity contribution < 1.29 is 44.2 Å². The minimum Gasteiger partial charge on any atom is -0.550 e. The van der Waals surface area contributed by atoms with Gasteiger partial charge in [-0.15, -0.1) is 0 Å². The van der Waals surface area contributed by atoms with Crippen molar-refractivity contribution in [3.8, 4) is 0 Å². The number of carboxylic acid groups (broad SMARTS) is 1. The van der Waals surface area contributed by atoms with Crippen LogP contribution in [0.4, 0.5) is 0 Å². The summed E-state index contributed by atoms with van der Waals surface area (Å²) in [6, 6.07) is 7.68. The van der Waals surface area contributed by atoms with Crippen molar-refractivity contribution in [3.05, 3.63) is 59.0 Å². The van der Waals surface area contributed by atoms with Crippen molar-refractivity contribution in [1.29, 1.82) is 0 Å². The fourth-order valence-corrected chi connectivity index (χ4v) is 2.33. The third-order valence-corrected chi connectivity index (χ3v) is 3.09. The Kier molecular flexibility index (Phi) is 4.30. The van der Waals surface area contributed by atoms with E-state index in [1.807, 2.05) is 48.6 Å². The normalized spacial score (nSPS) is 19.1. The molecular weight excluding hydrogens is 251 g/mol. The first-order valence-electron chi connectivity index (χ1n) is 5.79. The Morgan fingerprint density at radius 1 is 1.21 bits per heavy atom. The van der Waals surface area contributed by atoms with Crippen LogP contribution >= 0.6 is 0 Å². The van der Waals surface area contributed by atoms with Crippen molar-refractivity contribution in [2.45, 2.75) is 12.5 Å². The Labute approximate surface area is 132 Å². The second kappa shape index (κ2) is 5.78. The summed E-state index contributed by atoms with van der Waals surface area (Å²) >= 11 is 0. The first-order valence-corrected chi connectivity index (χ1v) is 5.79. The van der Waals surface area contributed by atoms with Gasteiger partial charge in [0, 0.05) is 23.2 Å². The summed E-state index contributed by atoms with van der Waals surface area (Å²) in [6.07, 6.45) is 7.38. The molecule has 0 saturated heterocycles. The largest absolute Gasteiger partial charge is 1.00 e. The van der Waals surface area contributed by atoms with Gasteiger partial charge >= 0.3 is 29.6 Å². The van der Waals surface area contributed by atoms with Crippen LogP contribution in [0.1, 0.15) is 6.42 Å². The van der Waals surface area contributed by atoms with Crippen LogP contribution in [-0.2, 0) is 9.53 Å². The summed E-state index contributed by atoms with van der Waals surface area (Å²) in [6.45, 7) is 0. The van der Waals surface area contributed by atoms with E-state index >= 15 is 0 Å². The van der Waals surface area contributed by atoms with Crippen LogP contribution in [0, 0.1) is 0 Å². The van der Waals surface area contributed by atoms with Gasteiger partial charge in [0.15, 0.2) is 0 Å². The molecule has 0 fully saturated rings. The summed E-state index contributed by atoms with van der Waals surface area (Å²) in [4.78, 5) is 10.8. The molecule has 3 nitrogen and oxygen atoms in total. The number of carbonyl (C=O) groups excluding carboxylic acids is 1. The van der Waals surface area contributed by atoms with E-state index in [9.17, 15) is 9.90 Å². The molecule has 1 heterocycles. The molecule has 0 amide bonds. The zero-order valence-corrected chi connectivity index (χ0v) is 12.6. The zero-order chi connectivity index (χ0) is 12.5. The number of carboxylic acids is 1. The third-order valence-electron chi connectivity index (χ3n) is 3.09. The molecule has 0 aromatic heterocycles. The van der Waals surface area contributed by atoms with E-state index in [1.165, 1.54) is 0 Å². The van der Waals surface area contributed by atoms with Crippen LogP contribution in [0.5, 0.6) is 0 Å². The maximum atomic E-state index is 10.8. The van der Waals surface area contributed by atoms with Gasteiger partial charge in [-0.2, -0.15) is 0 Å². The summed E-state index contributed by atoms with van der Waals surface area (Å²) in [5, 5.41) is 12.7. The van der Waals surface area contributed by atoms with Gasteiger partial charge < -0.3 is 14.6 Å². The van der Waals surface area contributed by atoms with E-state index in [0.29, 0.717) is 5.76 Å². The van der Waals surface area contributed by atoms with E-state index in [4.69, 9.17) is 4.74 Å². The molecule has 1 atom stereocenters. The average Bonchev–Trinajstić information content (AvgIpc) is 2.38. The van der Waals surface area contributed by atoms with Crippen LogP contribution in [0.3, 0.4) is 0 Å². The first kappa shape index (κ1) is 14.1. The number of ether oxygens (including phenoxy) is 1. The Morgan fingerprint density at radius 2 is 1.95 bits per heavy atom. The van der Waals surface area contributed by atoms with Crippen molar-refractivity contribution in [2.24, 2.45) is 0 Å². The van der Waals surface area contributed by atoms with Crippen LogP contribution < -0.4 is 45.1 Å². The minimum absolute atomic E-state index is 0. The van der Waals surface area contributed by atoms with E-state index in [-0.39, 0.29) is 42.1 Å². The molecule has 1 unspecified atom stereocenters. The monoisotopic (exact) mass is 262 g/mol. The molecular formula is C15H11NaO3. The zero-order valence-electron chi connectivity index (χ0n) is 10.6. The quantitative estimate of drug-likeness (QED) is 0.522. The number of hydrogen-bond donors (Lipinski definition) is 0. The van der Waals surface area contributed by atoms with Crippen molar-refractivity contribution in [3.63, 3.8) is 0 Å². The number of allylic oxidation sites excluding steroid dienone is 2. The maximum Gasteiger partial charge on any atom is 1.00 e. The van der Waals surface area contributed by atoms with Gasteiger partial charge in [0.1, 0.15) is 11.9 Å². The Bertz CT molecular complexity index is 686. The Hall–Kier alpha value is -1.29. The number of benzene rings is 1. The van der Waals surface area contributed by atoms with E-state index < -0.39 is 5.97 Å². The molecule has 19 heavy (non-hydrogen) atoms. The predicted octanol–water partition coefficient (Wildman–Crippen LogP) is -3.39. The number of hydrogen-bond acceptors (Lipinski definition) is 3. The standard InChI is InChI=1S/C15H12O3.Na/c16-15(17)9-14-12-7-2-1-5-10(12)11-6-3-4-8-13(11)18-14;/h1-8,13H,9H2,(H,16,17);/q;+1/p-1. The maximum absolute atomic E-state index is 10.8. The molecule has 1 aliphatic heterocycles. The first-order chi connectivity index (χ1) is 8.75. The van der Waals surface area contributed by atoms with Crippen molar-refractivity contribution >= 4 is 17.3 Å². The number of carbonyl (C=O) groups is 1. The van der Waals surface area contributed by atoms with Gasteiger partial charge in [-0.1, -0.05) is 42.5 Å². The van der Waals surface area contributed by atoms with Crippen LogP contribution in [-0.4, -0.2) is 12.1 Å².